The molecule has 0 atom stereocenters. The van der Waals surface area contributed by atoms with E-state index in [1.807, 2.05) is 24.3 Å². The van der Waals surface area contributed by atoms with E-state index in [2.05, 4.69) is 41.4 Å². The minimum Gasteiger partial charge on any atom is -0.497 e. The second kappa shape index (κ2) is 10.3. The van der Waals surface area contributed by atoms with Crippen LogP contribution in [0.2, 0.25) is 0 Å². The van der Waals surface area contributed by atoms with Gasteiger partial charge in [0.25, 0.3) is 5.91 Å². The van der Waals surface area contributed by atoms with Gasteiger partial charge in [0.05, 0.1) is 7.11 Å². The molecule has 28 heavy (non-hydrogen) atoms. The quantitative estimate of drug-likeness (QED) is 0.695. The van der Waals surface area contributed by atoms with E-state index in [4.69, 9.17) is 4.74 Å². The molecule has 1 fully saturated rings. The third kappa shape index (κ3) is 6.10. The molecule has 1 heterocycles. The minimum absolute atomic E-state index is 0.00748. The molecule has 0 aromatic heterocycles. The van der Waals surface area contributed by atoms with Crippen LogP contribution in [0.5, 0.6) is 5.75 Å². The summed E-state index contributed by atoms with van der Waals surface area (Å²) in [6, 6.07) is 16.2. The maximum Gasteiger partial charge on any atom is 0.251 e. The summed E-state index contributed by atoms with van der Waals surface area (Å²) in [7, 11) is 1.67. The Morgan fingerprint density at radius 3 is 2.32 bits per heavy atom. The Hall–Kier alpha value is -2.33. The van der Waals surface area contributed by atoms with Crippen LogP contribution < -0.4 is 10.1 Å². The number of hydrogen-bond acceptors (Lipinski definition) is 3. The highest BCUT2D eigenvalue weighted by Gasteiger charge is 2.15. The molecular weight excluding hydrogens is 348 g/mol. The van der Waals surface area contributed by atoms with E-state index in [9.17, 15) is 4.79 Å². The van der Waals surface area contributed by atoms with Crippen molar-refractivity contribution in [2.45, 2.75) is 39.2 Å². The SMILES string of the molecule is COc1ccc(CCCNC(=O)c2ccc(CN3CCC(C)CC3)cc2)cc1. The molecule has 2 aromatic carbocycles. The van der Waals surface area contributed by atoms with Gasteiger partial charge in [0.15, 0.2) is 0 Å². The van der Waals surface area contributed by atoms with Crippen molar-refractivity contribution in [1.29, 1.82) is 0 Å². The van der Waals surface area contributed by atoms with Crippen molar-refractivity contribution in [3.05, 3.63) is 65.2 Å². The zero-order valence-corrected chi connectivity index (χ0v) is 17.1. The Kier molecular flexibility index (Phi) is 7.49. The van der Waals surface area contributed by atoms with Crippen LogP contribution in [0.25, 0.3) is 0 Å². The van der Waals surface area contributed by atoms with Crippen molar-refractivity contribution < 1.29 is 9.53 Å². The van der Waals surface area contributed by atoms with E-state index in [1.165, 1.54) is 37.1 Å². The molecule has 0 spiro atoms. The lowest BCUT2D eigenvalue weighted by atomic mass is 9.99. The normalized spacial score (nSPS) is 15.4. The highest BCUT2D eigenvalue weighted by molar-refractivity contribution is 5.94. The molecule has 0 unspecified atom stereocenters. The van der Waals surface area contributed by atoms with Crippen molar-refractivity contribution >= 4 is 5.91 Å². The van der Waals surface area contributed by atoms with Crippen LogP contribution in [-0.2, 0) is 13.0 Å². The number of hydrogen-bond donors (Lipinski definition) is 1. The van der Waals surface area contributed by atoms with E-state index in [1.54, 1.807) is 7.11 Å². The van der Waals surface area contributed by atoms with Gasteiger partial charge in [0.1, 0.15) is 5.75 Å². The van der Waals surface area contributed by atoms with E-state index >= 15 is 0 Å². The summed E-state index contributed by atoms with van der Waals surface area (Å²) >= 11 is 0. The average Bonchev–Trinajstić information content (AvgIpc) is 2.73. The number of ether oxygens (including phenoxy) is 1. The molecule has 1 saturated heterocycles. The Bertz CT molecular complexity index is 732. The summed E-state index contributed by atoms with van der Waals surface area (Å²) in [4.78, 5) is 14.8. The van der Waals surface area contributed by atoms with Crippen molar-refractivity contribution in [3.63, 3.8) is 0 Å². The number of nitrogens with one attached hydrogen (secondary N) is 1. The number of likely N-dealkylation sites (tertiary alicyclic amines) is 1. The summed E-state index contributed by atoms with van der Waals surface area (Å²) in [5.74, 6) is 1.73. The highest BCUT2D eigenvalue weighted by Crippen LogP contribution is 2.18. The largest absolute Gasteiger partial charge is 0.497 e. The third-order valence-electron chi connectivity index (χ3n) is 5.59. The second-order valence-corrected chi connectivity index (χ2v) is 7.86. The van der Waals surface area contributed by atoms with Crippen LogP contribution in [0, 0.1) is 5.92 Å². The van der Waals surface area contributed by atoms with Crippen LogP contribution in [0.3, 0.4) is 0 Å². The molecule has 1 aliphatic heterocycles. The summed E-state index contributed by atoms with van der Waals surface area (Å²) < 4.78 is 5.17. The zero-order valence-electron chi connectivity index (χ0n) is 17.1. The molecule has 1 N–H and O–H groups in total. The standard InChI is InChI=1S/C24H32N2O2/c1-19-13-16-26(17-14-19)18-21-5-9-22(10-6-21)24(27)25-15-3-4-20-7-11-23(28-2)12-8-20/h5-12,19H,3-4,13-18H2,1-2H3,(H,25,27). The Labute approximate surface area is 168 Å². The lowest BCUT2D eigenvalue weighted by Crippen LogP contribution is -2.32. The number of nitrogens with zero attached hydrogens (tertiary/aromatic N) is 1. The molecule has 150 valence electrons. The molecule has 0 bridgehead atoms. The van der Waals surface area contributed by atoms with E-state index in [-0.39, 0.29) is 5.91 Å². The van der Waals surface area contributed by atoms with Gasteiger partial charge in [-0.1, -0.05) is 31.2 Å². The number of methoxy groups -OCH3 is 1. The van der Waals surface area contributed by atoms with Crippen LogP contribution in [0.1, 0.15) is 47.7 Å². The molecule has 3 rings (SSSR count). The molecule has 1 aliphatic rings. The van der Waals surface area contributed by atoms with Gasteiger partial charge in [-0.3, -0.25) is 9.69 Å². The van der Waals surface area contributed by atoms with Gasteiger partial charge in [0.2, 0.25) is 0 Å². The fraction of sp³-hybridized carbons (Fsp3) is 0.458. The van der Waals surface area contributed by atoms with E-state index < -0.39 is 0 Å². The molecule has 0 aliphatic carbocycles. The van der Waals surface area contributed by atoms with Gasteiger partial charge in [-0.2, -0.15) is 0 Å². The summed E-state index contributed by atoms with van der Waals surface area (Å²) in [5.41, 5.74) is 3.28. The van der Waals surface area contributed by atoms with Gasteiger partial charge in [0, 0.05) is 18.7 Å². The third-order valence-corrected chi connectivity index (χ3v) is 5.59. The number of carbonyl (C=O) groups is 1. The Morgan fingerprint density at radius 2 is 1.68 bits per heavy atom. The fourth-order valence-corrected chi connectivity index (χ4v) is 3.63. The average molecular weight is 381 g/mol. The first-order chi connectivity index (χ1) is 13.6. The summed E-state index contributed by atoms with van der Waals surface area (Å²) in [5, 5.41) is 3.02. The smallest absolute Gasteiger partial charge is 0.251 e. The maximum atomic E-state index is 12.3. The van der Waals surface area contributed by atoms with Crippen LogP contribution in [-0.4, -0.2) is 37.6 Å². The van der Waals surface area contributed by atoms with Gasteiger partial charge in [-0.15, -0.1) is 0 Å². The molecular formula is C24H32N2O2. The molecule has 0 saturated carbocycles. The molecule has 2 aromatic rings. The first-order valence-electron chi connectivity index (χ1n) is 10.4. The Morgan fingerprint density at radius 1 is 1.04 bits per heavy atom. The number of rotatable bonds is 8. The number of piperidine rings is 1. The summed E-state index contributed by atoms with van der Waals surface area (Å²) in [6.07, 6.45) is 4.44. The number of carbonyl (C=O) groups excluding carboxylic acids is 1. The monoisotopic (exact) mass is 380 g/mol. The maximum absolute atomic E-state index is 12.3. The lowest BCUT2D eigenvalue weighted by Gasteiger charge is -2.30. The summed E-state index contributed by atoms with van der Waals surface area (Å²) in [6.45, 7) is 6.35. The zero-order chi connectivity index (χ0) is 19.8. The molecule has 0 radical (unpaired) electrons. The van der Waals surface area contributed by atoms with Gasteiger partial charge >= 0.3 is 0 Å². The van der Waals surface area contributed by atoms with E-state index in [0.29, 0.717) is 6.54 Å². The molecule has 1 amide bonds. The van der Waals surface area contributed by atoms with Gasteiger partial charge in [-0.25, -0.2) is 0 Å². The fourth-order valence-electron chi connectivity index (χ4n) is 3.63. The van der Waals surface area contributed by atoms with Crippen LogP contribution in [0.4, 0.5) is 0 Å². The van der Waals surface area contributed by atoms with Gasteiger partial charge in [-0.05, 0) is 80.1 Å². The minimum atomic E-state index is 0.00748. The topological polar surface area (TPSA) is 41.6 Å². The van der Waals surface area contributed by atoms with E-state index in [0.717, 1.165) is 36.6 Å². The first kappa shape index (κ1) is 20.4. The van der Waals surface area contributed by atoms with Crippen LogP contribution in [0.15, 0.2) is 48.5 Å². The van der Waals surface area contributed by atoms with Crippen molar-refractivity contribution in [3.8, 4) is 5.75 Å². The highest BCUT2D eigenvalue weighted by atomic mass is 16.5. The number of aryl methyl sites for hydroxylation is 1. The van der Waals surface area contributed by atoms with Crippen molar-refractivity contribution in [2.75, 3.05) is 26.7 Å². The Balaban J connectivity index is 1.39. The second-order valence-electron chi connectivity index (χ2n) is 7.86. The van der Waals surface area contributed by atoms with Crippen LogP contribution >= 0.6 is 0 Å². The molecule has 4 heteroatoms. The van der Waals surface area contributed by atoms with Crippen molar-refractivity contribution in [1.82, 2.24) is 10.2 Å². The predicted molar refractivity (Wildman–Crippen MR) is 114 cm³/mol. The first-order valence-corrected chi connectivity index (χ1v) is 10.4. The number of benzene rings is 2. The predicted octanol–water partition coefficient (Wildman–Crippen LogP) is 4.29. The van der Waals surface area contributed by atoms with Gasteiger partial charge < -0.3 is 10.1 Å². The molecule has 4 nitrogen and oxygen atoms in total. The number of amides is 1. The lowest BCUT2D eigenvalue weighted by molar-refractivity contribution is 0.0953. The van der Waals surface area contributed by atoms with Crippen molar-refractivity contribution in [2.24, 2.45) is 5.92 Å².